The monoisotopic (exact) mass is 249 g/mol. The first kappa shape index (κ1) is 11.7. The number of hydrogen-bond donors (Lipinski definition) is 1. The fourth-order valence-corrected chi connectivity index (χ4v) is 1.68. The first-order valence-electron chi connectivity index (χ1n) is 4.68. The van der Waals surface area contributed by atoms with Crippen LogP contribution >= 0.6 is 0 Å². The summed E-state index contributed by atoms with van der Waals surface area (Å²) >= 11 is 0. The number of alkyl carbamates (subject to hydrolysis) is 1. The van der Waals surface area contributed by atoms with E-state index in [1.807, 2.05) is 0 Å². The van der Waals surface area contributed by atoms with Crippen LogP contribution in [0.3, 0.4) is 0 Å². The third-order valence-electron chi connectivity index (χ3n) is 2.38. The molecule has 1 saturated heterocycles. The molecule has 1 aromatic carbocycles. The van der Waals surface area contributed by atoms with Gasteiger partial charge in [-0.2, -0.15) is 13.2 Å². The molecule has 0 spiro atoms. The van der Waals surface area contributed by atoms with E-state index in [2.05, 4.69) is 10.1 Å². The molecule has 3 nitrogen and oxygen atoms in total. The van der Waals surface area contributed by atoms with Gasteiger partial charge in [0.15, 0.2) is 0 Å². The standard InChI is InChI=1S/C10H7F4NO2/c11-6-3-1-2-5(10(12,13)14)8(6)7-4-17-9(16)15-7/h1-3,7H,4H2,(H,15,16)/t7-/m1/s1. The molecular formula is C10H7F4NO2. The van der Waals surface area contributed by atoms with Gasteiger partial charge in [-0.15, -0.1) is 0 Å². The maximum absolute atomic E-state index is 13.5. The molecule has 0 unspecified atom stereocenters. The summed E-state index contributed by atoms with van der Waals surface area (Å²) in [5.74, 6) is -1.02. The second kappa shape index (κ2) is 3.90. The van der Waals surface area contributed by atoms with E-state index in [0.29, 0.717) is 0 Å². The lowest BCUT2D eigenvalue weighted by atomic mass is 10.00. The van der Waals surface area contributed by atoms with Gasteiger partial charge >= 0.3 is 12.3 Å². The summed E-state index contributed by atoms with van der Waals surface area (Å²) in [6, 6.07) is 1.54. The van der Waals surface area contributed by atoms with E-state index < -0.39 is 35.3 Å². The zero-order valence-electron chi connectivity index (χ0n) is 8.34. The van der Waals surface area contributed by atoms with Crippen molar-refractivity contribution in [2.75, 3.05) is 6.61 Å². The summed E-state index contributed by atoms with van der Waals surface area (Å²) in [4.78, 5) is 10.8. The summed E-state index contributed by atoms with van der Waals surface area (Å²) in [6.45, 7) is -0.317. The Morgan fingerprint density at radius 2 is 2.06 bits per heavy atom. The maximum Gasteiger partial charge on any atom is 0.416 e. The van der Waals surface area contributed by atoms with Crippen molar-refractivity contribution in [2.45, 2.75) is 12.2 Å². The fraction of sp³-hybridized carbons (Fsp3) is 0.300. The van der Waals surface area contributed by atoms with Gasteiger partial charge in [-0.3, -0.25) is 0 Å². The predicted molar refractivity (Wildman–Crippen MR) is 48.6 cm³/mol. The second-order valence-electron chi connectivity index (χ2n) is 3.49. The number of halogens is 4. The van der Waals surface area contributed by atoms with Gasteiger partial charge < -0.3 is 10.1 Å². The first-order valence-corrected chi connectivity index (χ1v) is 4.68. The van der Waals surface area contributed by atoms with Crippen LogP contribution in [0.1, 0.15) is 17.2 Å². The third kappa shape index (κ3) is 2.17. The average molecular weight is 249 g/mol. The number of benzene rings is 1. The van der Waals surface area contributed by atoms with Gasteiger partial charge in [0.25, 0.3) is 0 Å². The summed E-state index contributed by atoms with van der Waals surface area (Å²) in [6.07, 6.45) is -5.53. The molecule has 0 aromatic heterocycles. The van der Waals surface area contributed by atoms with E-state index in [-0.39, 0.29) is 6.61 Å². The van der Waals surface area contributed by atoms with Crippen molar-refractivity contribution in [3.8, 4) is 0 Å². The Morgan fingerprint density at radius 1 is 1.35 bits per heavy atom. The van der Waals surface area contributed by atoms with Gasteiger partial charge in [0.2, 0.25) is 0 Å². The Labute approximate surface area is 93.4 Å². The number of carbonyl (C=O) groups excluding carboxylic acids is 1. The normalized spacial score (nSPS) is 20.0. The van der Waals surface area contributed by atoms with Crippen LogP contribution in [-0.2, 0) is 10.9 Å². The van der Waals surface area contributed by atoms with Crippen molar-refractivity contribution < 1.29 is 27.1 Å². The summed E-state index contributed by atoms with van der Waals surface area (Å²) < 4.78 is 55.9. The van der Waals surface area contributed by atoms with Gasteiger partial charge in [-0.25, -0.2) is 9.18 Å². The second-order valence-corrected chi connectivity index (χ2v) is 3.49. The Hall–Kier alpha value is -1.79. The molecule has 0 bridgehead atoms. The number of alkyl halides is 3. The summed E-state index contributed by atoms with van der Waals surface area (Å²) in [5, 5.41) is 2.12. The third-order valence-corrected chi connectivity index (χ3v) is 2.38. The highest BCUT2D eigenvalue weighted by Gasteiger charge is 2.39. The van der Waals surface area contributed by atoms with E-state index in [9.17, 15) is 22.4 Å². The molecule has 1 atom stereocenters. The minimum absolute atomic E-state index is 0.317. The molecule has 92 valence electrons. The Kier molecular flexibility index (Phi) is 2.68. The van der Waals surface area contributed by atoms with Crippen LogP contribution in [0.15, 0.2) is 18.2 Å². The lowest BCUT2D eigenvalue weighted by Gasteiger charge is -2.16. The molecule has 0 aliphatic carbocycles. The lowest BCUT2D eigenvalue weighted by Crippen LogP contribution is -2.23. The van der Waals surface area contributed by atoms with Gasteiger partial charge in [0, 0.05) is 5.56 Å². The average Bonchev–Trinajstić information content (AvgIpc) is 2.63. The summed E-state index contributed by atoms with van der Waals surface area (Å²) in [5.41, 5.74) is -1.70. The highest BCUT2D eigenvalue weighted by Crippen LogP contribution is 2.36. The molecule has 1 aromatic rings. The fourth-order valence-electron chi connectivity index (χ4n) is 1.68. The zero-order chi connectivity index (χ0) is 12.6. The van der Waals surface area contributed by atoms with Gasteiger partial charge in [0.05, 0.1) is 11.6 Å². The SMILES string of the molecule is O=C1N[C@@H](c2c(F)cccc2C(F)(F)F)CO1. The maximum atomic E-state index is 13.5. The van der Waals surface area contributed by atoms with E-state index in [1.54, 1.807) is 0 Å². The minimum Gasteiger partial charge on any atom is -0.447 e. The van der Waals surface area contributed by atoms with Crippen LogP contribution in [0.4, 0.5) is 22.4 Å². The van der Waals surface area contributed by atoms with Crippen molar-refractivity contribution in [1.82, 2.24) is 5.32 Å². The van der Waals surface area contributed by atoms with Crippen molar-refractivity contribution in [3.05, 3.63) is 35.1 Å². The molecule has 2 rings (SSSR count). The van der Waals surface area contributed by atoms with Crippen molar-refractivity contribution in [2.24, 2.45) is 0 Å². The minimum atomic E-state index is -4.68. The quantitative estimate of drug-likeness (QED) is 0.777. The highest BCUT2D eigenvalue weighted by molar-refractivity contribution is 5.70. The Morgan fingerprint density at radius 3 is 2.59 bits per heavy atom. The van der Waals surface area contributed by atoms with Crippen LogP contribution < -0.4 is 5.32 Å². The zero-order valence-corrected chi connectivity index (χ0v) is 8.34. The molecule has 0 radical (unpaired) electrons. The Balaban J connectivity index is 2.48. The number of carbonyl (C=O) groups is 1. The number of hydrogen-bond acceptors (Lipinski definition) is 2. The molecule has 1 aliphatic heterocycles. The molecule has 1 aliphatic rings. The van der Waals surface area contributed by atoms with E-state index in [0.717, 1.165) is 18.2 Å². The van der Waals surface area contributed by atoms with Crippen molar-refractivity contribution in [1.29, 1.82) is 0 Å². The van der Waals surface area contributed by atoms with E-state index in [4.69, 9.17) is 0 Å². The van der Waals surface area contributed by atoms with E-state index in [1.165, 1.54) is 0 Å². The van der Waals surface area contributed by atoms with Gasteiger partial charge in [-0.05, 0) is 12.1 Å². The molecule has 7 heteroatoms. The van der Waals surface area contributed by atoms with Crippen LogP contribution in [0, 0.1) is 5.82 Å². The number of nitrogens with one attached hydrogen (secondary N) is 1. The van der Waals surface area contributed by atoms with Crippen molar-refractivity contribution in [3.63, 3.8) is 0 Å². The van der Waals surface area contributed by atoms with Gasteiger partial charge in [-0.1, -0.05) is 6.07 Å². The molecule has 17 heavy (non-hydrogen) atoms. The number of rotatable bonds is 1. The summed E-state index contributed by atoms with van der Waals surface area (Å²) in [7, 11) is 0. The molecule has 1 N–H and O–H groups in total. The predicted octanol–water partition coefficient (Wildman–Crippen LogP) is 2.63. The van der Waals surface area contributed by atoms with Crippen LogP contribution in [0.2, 0.25) is 0 Å². The van der Waals surface area contributed by atoms with Gasteiger partial charge in [0.1, 0.15) is 12.4 Å². The molecule has 1 amide bonds. The largest absolute Gasteiger partial charge is 0.447 e. The molecular weight excluding hydrogens is 242 g/mol. The lowest BCUT2D eigenvalue weighted by molar-refractivity contribution is -0.138. The molecule has 1 fully saturated rings. The molecule has 0 saturated carbocycles. The van der Waals surface area contributed by atoms with Crippen LogP contribution in [-0.4, -0.2) is 12.7 Å². The van der Waals surface area contributed by atoms with Crippen molar-refractivity contribution >= 4 is 6.09 Å². The Bertz CT molecular complexity index is 458. The highest BCUT2D eigenvalue weighted by atomic mass is 19.4. The first-order chi connectivity index (χ1) is 7.89. The topological polar surface area (TPSA) is 38.3 Å². The number of cyclic esters (lactones) is 1. The number of ether oxygens (including phenoxy) is 1. The van der Waals surface area contributed by atoms with Crippen LogP contribution in [0.5, 0.6) is 0 Å². The van der Waals surface area contributed by atoms with Crippen LogP contribution in [0.25, 0.3) is 0 Å². The van der Waals surface area contributed by atoms with E-state index >= 15 is 0 Å². The smallest absolute Gasteiger partial charge is 0.416 e. The molecule has 1 heterocycles. The number of amides is 1.